The number of aliphatic hydroxyl groups excluding tert-OH is 5. The Labute approximate surface area is 535 Å². The standard InChI is InChI=1S/C56H91N17O20/c1-27(2)19-33(68-53(90)43(58)29(5)78)49(86)66-32(15-16-40(57)79)48(85)69-35(23-74)45(82)63-22-42(81)72-44(28(3)4)54(91)73-18-10-14-39(73)52(89)71-37(25-76)51(88)65-31(13-9-17-61-56(59)60)47(84)67-34(20-30-11-7-6-8-12-30)50(87)70-36(24-75)46(83)62-21-41(80)64-38(26-77)55(92)93/h6-8,11-12,27-29,31-39,43-44,74-78H,9-10,13-26,58H2,1-5H3,(H2,57,79)(H,62,83)(H,63,82)(H,64,80)(H,65,88)(H,66,86)(H,67,84)(H,68,90)(H,69,85)(H,70,87)(H,71,89)(H,72,81)(H,92,93)(H4,59,60,61)/t29-,31+,32+,33+,34+,35+,36+,37+,38+,39+,43+,44+/m1/s1. The monoisotopic (exact) mass is 1320 g/mol. The van der Waals surface area contributed by atoms with E-state index in [-0.39, 0.29) is 57.5 Å². The summed E-state index contributed by atoms with van der Waals surface area (Å²) in [6.07, 6.45) is -2.24. The van der Waals surface area contributed by atoms with E-state index in [1.807, 2.05) is 5.32 Å². The Bertz CT molecular complexity index is 2760. The molecule has 1 aliphatic rings. The molecule has 2 rings (SSSR count). The van der Waals surface area contributed by atoms with E-state index in [0.29, 0.717) is 5.56 Å². The number of nitrogens with one attached hydrogen (secondary N) is 13. The summed E-state index contributed by atoms with van der Waals surface area (Å²) in [6.45, 7) is 2.03. The molecule has 1 aromatic rings. The molecule has 0 bridgehead atoms. The number of aliphatic carboxylic acids is 1. The van der Waals surface area contributed by atoms with Crippen molar-refractivity contribution in [2.24, 2.45) is 29.0 Å². The average Bonchev–Trinajstić information content (AvgIpc) is 1.83. The van der Waals surface area contributed by atoms with Crippen molar-refractivity contribution in [3.63, 3.8) is 0 Å². The molecule has 1 heterocycles. The third kappa shape index (κ3) is 28.1. The van der Waals surface area contributed by atoms with Gasteiger partial charge in [0.05, 0.1) is 45.6 Å². The maximum Gasteiger partial charge on any atom is 0.328 e. The van der Waals surface area contributed by atoms with Gasteiger partial charge in [-0.3, -0.25) is 67.7 Å². The number of guanidine groups is 1. The third-order valence-electron chi connectivity index (χ3n) is 14.2. The Morgan fingerprint density at radius 2 is 1.03 bits per heavy atom. The van der Waals surface area contributed by atoms with Gasteiger partial charge in [-0.1, -0.05) is 58.0 Å². The minimum absolute atomic E-state index is 0.00545. The molecule has 520 valence electrons. The lowest BCUT2D eigenvalue weighted by molar-refractivity contribution is -0.143. The molecule has 1 aromatic carbocycles. The first kappa shape index (κ1) is 79.9. The maximum atomic E-state index is 14.2. The number of nitrogens with zero attached hydrogens (tertiary/aromatic N) is 1. The molecule has 0 aliphatic carbocycles. The van der Waals surface area contributed by atoms with E-state index in [0.717, 1.165) is 4.90 Å². The number of carbonyl (C=O) groups is 14. The first-order chi connectivity index (χ1) is 43.8. The molecule has 0 saturated carbocycles. The summed E-state index contributed by atoms with van der Waals surface area (Å²) in [7, 11) is 0. The molecule has 25 N–H and O–H groups in total. The van der Waals surface area contributed by atoms with Crippen molar-refractivity contribution in [3.05, 3.63) is 35.9 Å². The van der Waals surface area contributed by atoms with E-state index >= 15 is 0 Å². The van der Waals surface area contributed by atoms with Gasteiger partial charge < -0.3 is 117 Å². The van der Waals surface area contributed by atoms with Crippen molar-refractivity contribution in [1.29, 1.82) is 5.41 Å². The average molecular weight is 1320 g/mol. The van der Waals surface area contributed by atoms with E-state index in [1.54, 1.807) is 58.0 Å². The van der Waals surface area contributed by atoms with Crippen LogP contribution >= 0.6 is 0 Å². The zero-order valence-corrected chi connectivity index (χ0v) is 52.4. The molecule has 1 fully saturated rings. The number of amides is 13. The number of rotatable bonds is 41. The van der Waals surface area contributed by atoms with Crippen molar-refractivity contribution >= 4 is 88.7 Å². The third-order valence-corrected chi connectivity index (χ3v) is 14.2. The number of carbonyl (C=O) groups excluding carboxylic acids is 13. The second kappa shape index (κ2) is 40.6. The minimum atomic E-state index is -1.78. The molecule has 1 saturated heterocycles. The number of hydrogen-bond donors (Lipinski definition) is 22. The highest BCUT2D eigenvalue weighted by Gasteiger charge is 2.41. The van der Waals surface area contributed by atoms with Crippen LogP contribution in [0.25, 0.3) is 0 Å². The smallest absolute Gasteiger partial charge is 0.328 e. The van der Waals surface area contributed by atoms with Gasteiger partial charge in [0.15, 0.2) is 5.96 Å². The predicted molar refractivity (Wildman–Crippen MR) is 326 cm³/mol. The van der Waals surface area contributed by atoms with Crippen LogP contribution in [0.3, 0.4) is 0 Å². The lowest BCUT2D eigenvalue weighted by Crippen LogP contribution is -2.61. The van der Waals surface area contributed by atoms with E-state index in [1.165, 1.54) is 6.92 Å². The zero-order valence-electron chi connectivity index (χ0n) is 52.4. The summed E-state index contributed by atoms with van der Waals surface area (Å²) in [5.74, 6) is -15.7. The van der Waals surface area contributed by atoms with Gasteiger partial charge in [-0.05, 0) is 62.8 Å². The predicted octanol–water partition coefficient (Wildman–Crippen LogP) is -10.2. The van der Waals surface area contributed by atoms with Crippen molar-refractivity contribution < 1.29 is 97.8 Å². The summed E-state index contributed by atoms with van der Waals surface area (Å²) in [5, 5.41) is 94.3. The minimum Gasteiger partial charge on any atom is -0.480 e. The van der Waals surface area contributed by atoms with Crippen LogP contribution < -0.4 is 81.0 Å². The van der Waals surface area contributed by atoms with Gasteiger partial charge in [0.25, 0.3) is 0 Å². The molecule has 0 unspecified atom stereocenters. The van der Waals surface area contributed by atoms with Crippen molar-refractivity contribution in [3.8, 4) is 0 Å². The Kier molecular flexibility index (Phi) is 34.9. The van der Waals surface area contributed by atoms with Crippen LogP contribution in [0.1, 0.15) is 85.1 Å². The van der Waals surface area contributed by atoms with Gasteiger partial charge in [-0.25, -0.2) is 4.79 Å². The SMILES string of the molecule is CC(C)C[C@H](NC(=O)[C@@H](N)[C@@H](C)O)C(=O)N[C@@H](CCC(N)=O)C(=O)N[C@@H](CO)C(=O)NCC(=O)N[C@H](C(=O)N1CCC[C@H]1C(=O)N[C@@H](CO)C(=O)N[C@@H](CCCNC(=N)N)C(=O)N[C@@H](Cc1ccccc1)C(=O)N[C@@H](CO)C(=O)NCC(=O)N[C@@H](CO)C(=O)O)C(C)C. The van der Waals surface area contributed by atoms with Crippen LogP contribution in [0.4, 0.5) is 0 Å². The molecule has 37 heteroatoms. The molecule has 0 radical (unpaired) electrons. The Morgan fingerprint density at radius 3 is 1.52 bits per heavy atom. The van der Waals surface area contributed by atoms with E-state index in [2.05, 4.69) is 58.5 Å². The van der Waals surface area contributed by atoms with E-state index < -0.39 is 220 Å². The van der Waals surface area contributed by atoms with Crippen LogP contribution in [-0.2, 0) is 73.5 Å². The molecule has 37 nitrogen and oxygen atoms in total. The summed E-state index contributed by atoms with van der Waals surface area (Å²) in [6, 6.07) is -8.89. The van der Waals surface area contributed by atoms with Gasteiger partial charge in [-0.15, -0.1) is 0 Å². The van der Waals surface area contributed by atoms with Crippen LogP contribution in [-0.4, -0.2) is 249 Å². The topological polar surface area (TPSA) is 610 Å². The zero-order chi connectivity index (χ0) is 70.2. The summed E-state index contributed by atoms with van der Waals surface area (Å²) >= 11 is 0. The van der Waals surface area contributed by atoms with E-state index in [9.17, 15) is 92.7 Å². The number of aliphatic hydroxyl groups is 5. The normalized spacial score (nSPS) is 16.3. The summed E-state index contributed by atoms with van der Waals surface area (Å²) < 4.78 is 0. The highest BCUT2D eigenvalue weighted by atomic mass is 16.4. The van der Waals surface area contributed by atoms with Crippen molar-refractivity contribution in [2.75, 3.05) is 52.6 Å². The molecule has 93 heavy (non-hydrogen) atoms. The number of carboxylic acids is 1. The van der Waals surface area contributed by atoms with Crippen molar-refractivity contribution in [1.82, 2.24) is 68.7 Å². The lowest BCUT2D eigenvalue weighted by Gasteiger charge is -2.31. The van der Waals surface area contributed by atoms with E-state index in [4.69, 9.17) is 27.7 Å². The highest BCUT2D eigenvalue weighted by molar-refractivity contribution is 5.99. The Hall–Kier alpha value is -9.17. The quantitative estimate of drug-likeness (QED) is 0.0164. The van der Waals surface area contributed by atoms with Gasteiger partial charge >= 0.3 is 5.97 Å². The molecule has 1 aliphatic heterocycles. The van der Waals surface area contributed by atoms with Gasteiger partial charge in [0.2, 0.25) is 76.8 Å². The van der Waals surface area contributed by atoms with Crippen LogP contribution in [0.5, 0.6) is 0 Å². The molecule has 12 atom stereocenters. The number of benzene rings is 1. The number of hydrogen-bond acceptors (Lipinski definition) is 21. The molecular weight excluding hydrogens is 1230 g/mol. The second-order valence-corrected chi connectivity index (χ2v) is 22.6. The van der Waals surface area contributed by atoms with Crippen molar-refractivity contribution in [2.45, 2.75) is 159 Å². The lowest BCUT2D eigenvalue weighted by atomic mass is 10.0. The fourth-order valence-corrected chi connectivity index (χ4v) is 9.05. The maximum absolute atomic E-state index is 14.2. The molecular formula is C56H91N17O20. The Balaban J connectivity index is 2.26. The fraction of sp³-hybridized carbons (Fsp3) is 0.625. The second-order valence-electron chi connectivity index (χ2n) is 22.6. The summed E-state index contributed by atoms with van der Waals surface area (Å²) in [5.41, 5.74) is 16.9. The number of primary amides is 1. The van der Waals surface area contributed by atoms with Crippen LogP contribution in [0.2, 0.25) is 0 Å². The molecule has 0 spiro atoms. The number of carboxylic acid groups (broad SMARTS) is 1. The number of likely N-dealkylation sites (tertiary alicyclic amines) is 1. The first-order valence-electron chi connectivity index (χ1n) is 29.9. The summed E-state index contributed by atoms with van der Waals surface area (Å²) in [4.78, 5) is 186. The van der Waals surface area contributed by atoms with Gasteiger partial charge in [0, 0.05) is 25.9 Å². The van der Waals surface area contributed by atoms with Crippen LogP contribution in [0.15, 0.2) is 30.3 Å². The largest absolute Gasteiger partial charge is 0.480 e. The highest BCUT2D eigenvalue weighted by Crippen LogP contribution is 2.21. The molecule has 13 amide bonds. The fourth-order valence-electron chi connectivity index (χ4n) is 9.05. The molecule has 0 aromatic heterocycles. The number of nitrogens with two attached hydrogens (primary N) is 3. The van der Waals surface area contributed by atoms with Gasteiger partial charge in [0.1, 0.15) is 66.5 Å². The van der Waals surface area contributed by atoms with Gasteiger partial charge in [-0.2, -0.15) is 0 Å². The first-order valence-corrected chi connectivity index (χ1v) is 29.9. The van der Waals surface area contributed by atoms with Crippen LogP contribution in [0, 0.1) is 17.2 Å². The Morgan fingerprint density at radius 1 is 0.570 bits per heavy atom.